The van der Waals surface area contributed by atoms with Crippen LogP contribution in [0.4, 0.5) is 0 Å². The van der Waals surface area contributed by atoms with Crippen molar-refractivity contribution in [1.29, 1.82) is 0 Å². The van der Waals surface area contributed by atoms with Crippen molar-refractivity contribution in [3.8, 4) is 0 Å². The van der Waals surface area contributed by atoms with Crippen LogP contribution >= 0.6 is 11.3 Å². The molecule has 0 aliphatic heterocycles. The number of hydrogen-bond donors (Lipinski definition) is 1. The third-order valence-corrected chi connectivity index (χ3v) is 5.27. The van der Waals surface area contributed by atoms with E-state index >= 15 is 0 Å². The van der Waals surface area contributed by atoms with Crippen LogP contribution < -0.4 is 0 Å². The van der Waals surface area contributed by atoms with Gasteiger partial charge in [-0.1, -0.05) is 6.07 Å². The molecule has 2 aromatic rings. The SMILES string of the molecule is Cc1ccc(S(=O)Cc2ccsc2C(=O)O)cc1C. The van der Waals surface area contributed by atoms with Crippen LogP contribution in [0, 0.1) is 13.8 Å². The van der Waals surface area contributed by atoms with Gasteiger partial charge in [0.05, 0.1) is 16.6 Å². The maximum absolute atomic E-state index is 12.3. The number of carbonyl (C=O) groups is 1. The average molecular weight is 294 g/mol. The monoisotopic (exact) mass is 294 g/mol. The van der Waals surface area contributed by atoms with Crippen LogP contribution in [0.25, 0.3) is 0 Å². The lowest BCUT2D eigenvalue weighted by Gasteiger charge is -2.05. The highest BCUT2D eigenvalue weighted by atomic mass is 32.2. The van der Waals surface area contributed by atoms with Crippen molar-refractivity contribution in [2.24, 2.45) is 0 Å². The molecule has 1 heterocycles. The number of hydrogen-bond acceptors (Lipinski definition) is 3. The van der Waals surface area contributed by atoms with Gasteiger partial charge in [0.25, 0.3) is 0 Å². The van der Waals surface area contributed by atoms with Gasteiger partial charge in [-0.2, -0.15) is 0 Å². The van der Waals surface area contributed by atoms with Gasteiger partial charge < -0.3 is 5.11 Å². The Morgan fingerprint density at radius 3 is 2.63 bits per heavy atom. The molecule has 1 aromatic carbocycles. The minimum Gasteiger partial charge on any atom is -0.477 e. The van der Waals surface area contributed by atoms with E-state index < -0.39 is 16.8 Å². The summed E-state index contributed by atoms with van der Waals surface area (Å²) < 4.78 is 12.3. The van der Waals surface area contributed by atoms with E-state index in [0.717, 1.165) is 16.0 Å². The molecule has 0 aliphatic carbocycles. The summed E-state index contributed by atoms with van der Waals surface area (Å²) >= 11 is 1.17. The van der Waals surface area contributed by atoms with E-state index in [1.807, 2.05) is 32.0 Å². The van der Waals surface area contributed by atoms with Gasteiger partial charge in [0.2, 0.25) is 0 Å². The van der Waals surface area contributed by atoms with E-state index in [9.17, 15) is 9.00 Å². The molecule has 100 valence electrons. The van der Waals surface area contributed by atoms with Gasteiger partial charge in [-0.25, -0.2) is 4.79 Å². The highest BCUT2D eigenvalue weighted by molar-refractivity contribution is 7.84. The summed E-state index contributed by atoms with van der Waals surface area (Å²) in [4.78, 5) is 12.0. The van der Waals surface area contributed by atoms with Crippen molar-refractivity contribution >= 4 is 28.1 Å². The third kappa shape index (κ3) is 3.11. The lowest BCUT2D eigenvalue weighted by Crippen LogP contribution is -2.02. The van der Waals surface area contributed by atoms with Crippen LogP contribution in [0.5, 0.6) is 0 Å². The number of thiophene rings is 1. The average Bonchev–Trinajstić information content (AvgIpc) is 2.80. The first-order valence-corrected chi connectivity index (χ1v) is 7.94. The molecule has 0 fully saturated rings. The van der Waals surface area contributed by atoms with Crippen LogP contribution in [-0.2, 0) is 16.6 Å². The fourth-order valence-electron chi connectivity index (χ4n) is 1.72. The molecular formula is C14H14O3S2. The first kappa shape index (κ1) is 14.0. The van der Waals surface area contributed by atoms with Crippen molar-refractivity contribution in [2.45, 2.75) is 24.5 Å². The zero-order valence-corrected chi connectivity index (χ0v) is 12.3. The number of carboxylic acids is 1. The second kappa shape index (κ2) is 5.67. The Balaban J connectivity index is 2.23. The number of aryl methyl sites for hydroxylation is 2. The maximum atomic E-state index is 12.3. The summed E-state index contributed by atoms with van der Waals surface area (Å²) in [7, 11) is -1.21. The molecule has 1 atom stereocenters. The second-order valence-electron chi connectivity index (χ2n) is 4.32. The Morgan fingerprint density at radius 1 is 1.26 bits per heavy atom. The summed E-state index contributed by atoms with van der Waals surface area (Å²) in [5.41, 5.74) is 2.88. The molecule has 0 radical (unpaired) electrons. The molecule has 0 amide bonds. The summed E-state index contributed by atoms with van der Waals surface area (Å²) in [5, 5.41) is 10.7. The van der Waals surface area contributed by atoms with Gasteiger partial charge in [0.15, 0.2) is 0 Å². The maximum Gasteiger partial charge on any atom is 0.346 e. The Hall–Kier alpha value is -1.46. The molecule has 5 heteroatoms. The molecule has 0 spiro atoms. The Labute approximate surface area is 118 Å². The topological polar surface area (TPSA) is 54.4 Å². The largest absolute Gasteiger partial charge is 0.477 e. The highest BCUT2D eigenvalue weighted by Gasteiger charge is 2.15. The lowest BCUT2D eigenvalue weighted by atomic mass is 10.1. The molecule has 1 N–H and O–H groups in total. The summed E-state index contributed by atoms with van der Waals surface area (Å²) in [6.45, 7) is 3.98. The predicted octanol–water partition coefficient (Wildman–Crippen LogP) is 3.37. The fraction of sp³-hybridized carbons (Fsp3) is 0.214. The van der Waals surface area contributed by atoms with E-state index in [2.05, 4.69) is 0 Å². The van der Waals surface area contributed by atoms with Gasteiger partial charge in [0, 0.05) is 4.90 Å². The van der Waals surface area contributed by atoms with Crippen LogP contribution in [0.15, 0.2) is 34.5 Å². The second-order valence-corrected chi connectivity index (χ2v) is 6.68. The number of carboxylic acid groups (broad SMARTS) is 1. The standard InChI is InChI=1S/C14H14O3S2/c1-9-3-4-12(7-10(9)2)19(17)8-11-5-6-18-13(11)14(15)16/h3-7H,8H2,1-2H3,(H,15,16). The molecule has 0 saturated heterocycles. The molecule has 3 nitrogen and oxygen atoms in total. The summed E-state index contributed by atoms with van der Waals surface area (Å²) in [6.07, 6.45) is 0. The molecule has 2 rings (SSSR count). The first-order valence-electron chi connectivity index (χ1n) is 5.74. The molecular weight excluding hydrogens is 280 g/mol. The van der Waals surface area contributed by atoms with Gasteiger partial charge >= 0.3 is 5.97 Å². The Bertz CT molecular complexity index is 644. The van der Waals surface area contributed by atoms with Crippen molar-refractivity contribution < 1.29 is 14.1 Å². The zero-order chi connectivity index (χ0) is 14.0. The lowest BCUT2D eigenvalue weighted by molar-refractivity contribution is 0.0701. The minimum atomic E-state index is -1.21. The fourth-order valence-corrected chi connectivity index (χ4v) is 3.79. The van der Waals surface area contributed by atoms with Crippen molar-refractivity contribution in [2.75, 3.05) is 0 Å². The van der Waals surface area contributed by atoms with Gasteiger partial charge in [-0.3, -0.25) is 4.21 Å². The van der Waals surface area contributed by atoms with Crippen molar-refractivity contribution in [1.82, 2.24) is 0 Å². The normalized spacial score (nSPS) is 12.3. The highest BCUT2D eigenvalue weighted by Crippen LogP contribution is 2.22. The first-order chi connectivity index (χ1) is 8.99. The summed E-state index contributed by atoms with van der Waals surface area (Å²) in [6, 6.07) is 7.41. The van der Waals surface area contributed by atoms with Gasteiger partial charge in [-0.15, -0.1) is 11.3 Å². The van der Waals surface area contributed by atoms with Crippen LogP contribution in [-0.4, -0.2) is 15.3 Å². The minimum absolute atomic E-state index is 0.244. The van der Waals surface area contributed by atoms with E-state index in [0.29, 0.717) is 5.56 Å². The van der Waals surface area contributed by atoms with Crippen molar-refractivity contribution in [3.63, 3.8) is 0 Å². The quantitative estimate of drug-likeness (QED) is 0.940. The summed E-state index contributed by atoms with van der Waals surface area (Å²) in [5.74, 6) is -0.713. The van der Waals surface area contributed by atoms with E-state index in [1.54, 1.807) is 11.4 Å². The van der Waals surface area contributed by atoms with Gasteiger partial charge in [-0.05, 0) is 54.1 Å². The number of rotatable bonds is 4. The molecule has 1 unspecified atom stereocenters. The third-order valence-electron chi connectivity index (χ3n) is 2.97. The predicted molar refractivity (Wildman–Crippen MR) is 77.3 cm³/mol. The van der Waals surface area contributed by atoms with Crippen LogP contribution in [0.3, 0.4) is 0 Å². The Kier molecular flexibility index (Phi) is 4.17. The van der Waals surface area contributed by atoms with Crippen LogP contribution in [0.2, 0.25) is 0 Å². The van der Waals surface area contributed by atoms with Crippen molar-refractivity contribution in [3.05, 3.63) is 51.2 Å². The van der Waals surface area contributed by atoms with Crippen LogP contribution in [0.1, 0.15) is 26.4 Å². The van der Waals surface area contributed by atoms with E-state index in [4.69, 9.17) is 5.11 Å². The number of aromatic carboxylic acids is 1. The molecule has 0 aliphatic rings. The zero-order valence-electron chi connectivity index (χ0n) is 10.7. The molecule has 1 aromatic heterocycles. The Morgan fingerprint density at radius 2 is 2.00 bits per heavy atom. The molecule has 19 heavy (non-hydrogen) atoms. The van der Waals surface area contributed by atoms with Gasteiger partial charge in [0.1, 0.15) is 4.88 Å². The van der Waals surface area contributed by atoms with E-state index in [-0.39, 0.29) is 10.6 Å². The molecule has 0 saturated carbocycles. The smallest absolute Gasteiger partial charge is 0.346 e. The van der Waals surface area contributed by atoms with E-state index in [1.165, 1.54) is 11.3 Å². The molecule has 0 bridgehead atoms. The number of benzene rings is 1.